The molecule has 1 amide bonds. The van der Waals surface area contributed by atoms with Gasteiger partial charge in [0.15, 0.2) is 6.04 Å². The van der Waals surface area contributed by atoms with Gasteiger partial charge in [0.2, 0.25) is 5.91 Å². The number of hydrogen-bond acceptors (Lipinski definition) is 4. The number of hydrogen-bond donors (Lipinski definition) is 3. The van der Waals surface area contributed by atoms with Gasteiger partial charge in [-0.15, -0.1) is 11.3 Å². The molecule has 1 atom stereocenters. The van der Waals surface area contributed by atoms with Gasteiger partial charge < -0.3 is 15.5 Å². The summed E-state index contributed by atoms with van der Waals surface area (Å²) in [6, 6.07) is 2.39. The molecule has 1 aromatic rings. The van der Waals surface area contributed by atoms with E-state index in [1.807, 2.05) is 12.1 Å². The van der Waals surface area contributed by atoms with Gasteiger partial charge in [-0.2, -0.15) is 0 Å². The average Bonchev–Trinajstić information content (AvgIpc) is 2.68. The van der Waals surface area contributed by atoms with Gasteiger partial charge in [0.1, 0.15) is 0 Å². The SMILES string of the molecule is O=C(/C=C/c1ccc(Br)s1)NC(CO)C(=O)O. The van der Waals surface area contributed by atoms with Crippen LogP contribution in [0.25, 0.3) is 6.08 Å². The molecule has 0 aliphatic carbocycles. The van der Waals surface area contributed by atoms with E-state index in [-0.39, 0.29) is 0 Å². The topological polar surface area (TPSA) is 86.6 Å². The minimum atomic E-state index is -1.28. The van der Waals surface area contributed by atoms with Crippen LogP contribution in [-0.2, 0) is 9.59 Å². The minimum absolute atomic E-state index is 0.559. The largest absolute Gasteiger partial charge is 0.480 e. The number of aliphatic hydroxyl groups excluding tert-OH is 1. The standard InChI is InChI=1S/C10H10BrNO4S/c11-8-3-1-6(17-8)2-4-9(14)12-7(5-13)10(15)16/h1-4,7,13H,5H2,(H,12,14)(H,15,16)/b4-2+. The third kappa shape index (κ3) is 4.68. The molecule has 17 heavy (non-hydrogen) atoms. The van der Waals surface area contributed by atoms with Crippen molar-refractivity contribution in [3.05, 3.63) is 26.9 Å². The monoisotopic (exact) mass is 319 g/mol. The zero-order valence-corrected chi connectivity index (χ0v) is 11.0. The fraction of sp³-hybridized carbons (Fsp3) is 0.200. The maximum absolute atomic E-state index is 11.3. The van der Waals surface area contributed by atoms with Crippen molar-refractivity contribution in [2.24, 2.45) is 0 Å². The van der Waals surface area contributed by atoms with Crippen LogP contribution in [0, 0.1) is 0 Å². The molecule has 0 radical (unpaired) electrons. The molecule has 1 unspecified atom stereocenters. The van der Waals surface area contributed by atoms with Crippen LogP contribution in [0.1, 0.15) is 4.88 Å². The predicted octanol–water partition coefficient (Wildman–Crippen LogP) is 1.09. The molecule has 0 spiro atoms. The second-order valence-electron chi connectivity index (χ2n) is 3.06. The fourth-order valence-electron chi connectivity index (χ4n) is 0.981. The van der Waals surface area contributed by atoms with Crippen LogP contribution < -0.4 is 5.32 Å². The van der Waals surface area contributed by atoms with Crippen molar-refractivity contribution < 1.29 is 19.8 Å². The van der Waals surface area contributed by atoms with Crippen molar-refractivity contribution in [2.45, 2.75) is 6.04 Å². The van der Waals surface area contributed by atoms with Gasteiger partial charge in [-0.05, 0) is 34.1 Å². The molecular formula is C10H10BrNO4S. The third-order valence-electron chi connectivity index (χ3n) is 1.79. The van der Waals surface area contributed by atoms with E-state index in [0.717, 1.165) is 8.66 Å². The molecule has 0 bridgehead atoms. The summed E-state index contributed by atoms with van der Waals surface area (Å²) in [5.41, 5.74) is 0. The number of carboxylic acids is 1. The van der Waals surface area contributed by atoms with Crippen LogP contribution in [0.4, 0.5) is 0 Å². The average molecular weight is 320 g/mol. The summed E-state index contributed by atoms with van der Waals surface area (Å²) in [7, 11) is 0. The second kappa shape index (κ2) is 6.53. The number of thiophene rings is 1. The molecule has 1 rings (SSSR count). The number of carboxylic acid groups (broad SMARTS) is 1. The van der Waals surface area contributed by atoms with Gasteiger partial charge in [-0.1, -0.05) is 0 Å². The molecule has 1 heterocycles. The Morgan fingerprint density at radius 1 is 1.53 bits per heavy atom. The first kappa shape index (κ1) is 13.9. The molecule has 1 aromatic heterocycles. The van der Waals surface area contributed by atoms with Gasteiger partial charge in [-0.25, -0.2) is 4.79 Å². The number of amides is 1. The van der Waals surface area contributed by atoms with E-state index in [0.29, 0.717) is 0 Å². The molecule has 7 heteroatoms. The Morgan fingerprint density at radius 3 is 2.71 bits per heavy atom. The maximum Gasteiger partial charge on any atom is 0.328 e. The third-order valence-corrected chi connectivity index (χ3v) is 3.38. The summed E-state index contributed by atoms with van der Waals surface area (Å²) >= 11 is 4.73. The summed E-state index contributed by atoms with van der Waals surface area (Å²) in [6.07, 6.45) is 2.80. The molecule has 0 fully saturated rings. The first-order chi connectivity index (χ1) is 8.02. The summed E-state index contributed by atoms with van der Waals surface area (Å²) in [5, 5.41) is 19.5. The number of carbonyl (C=O) groups is 2. The summed E-state index contributed by atoms with van der Waals surface area (Å²) < 4.78 is 0.941. The Morgan fingerprint density at radius 2 is 2.24 bits per heavy atom. The normalized spacial score (nSPS) is 12.6. The van der Waals surface area contributed by atoms with E-state index in [4.69, 9.17) is 10.2 Å². The van der Waals surface area contributed by atoms with Crippen molar-refractivity contribution in [3.8, 4) is 0 Å². The lowest BCUT2D eigenvalue weighted by Gasteiger charge is -2.08. The number of aliphatic carboxylic acids is 1. The highest BCUT2D eigenvalue weighted by Crippen LogP contribution is 2.22. The van der Waals surface area contributed by atoms with Crippen LogP contribution in [0.15, 0.2) is 22.0 Å². The van der Waals surface area contributed by atoms with Crippen molar-refractivity contribution in [1.29, 1.82) is 0 Å². The molecule has 0 aliphatic heterocycles. The van der Waals surface area contributed by atoms with Gasteiger partial charge in [0, 0.05) is 11.0 Å². The lowest BCUT2D eigenvalue weighted by atomic mass is 10.3. The maximum atomic E-state index is 11.3. The Kier molecular flexibility index (Phi) is 5.33. The molecule has 0 aromatic carbocycles. The van der Waals surface area contributed by atoms with E-state index >= 15 is 0 Å². The van der Waals surface area contributed by atoms with E-state index in [1.165, 1.54) is 17.4 Å². The van der Waals surface area contributed by atoms with Gasteiger partial charge in [-0.3, -0.25) is 4.79 Å². The molecule has 0 aliphatic rings. The number of aliphatic hydroxyl groups is 1. The Bertz CT molecular complexity index is 443. The highest BCUT2D eigenvalue weighted by molar-refractivity contribution is 9.11. The summed E-state index contributed by atoms with van der Waals surface area (Å²) in [4.78, 5) is 22.7. The smallest absolute Gasteiger partial charge is 0.328 e. The van der Waals surface area contributed by atoms with Crippen molar-refractivity contribution in [3.63, 3.8) is 0 Å². The fourth-order valence-corrected chi connectivity index (χ4v) is 2.31. The highest BCUT2D eigenvalue weighted by atomic mass is 79.9. The molecule has 5 nitrogen and oxygen atoms in total. The van der Waals surface area contributed by atoms with E-state index < -0.39 is 24.5 Å². The zero-order chi connectivity index (χ0) is 12.8. The lowest BCUT2D eigenvalue weighted by Crippen LogP contribution is -2.42. The minimum Gasteiger partial charge on any atom is -0.480 e. The lowest BCUT2D eigenvalue weighted by molar-refractivity contribution is -0.142. The number of rotatable bonds is 5. The Labute approximate surface area is 110 Å². The molecular weight excluding hydrogens is 310 g/mol. The summed E-state index contributed by atoms with van der Waals surface area (Å²) in [5.74, 6) is -1.83. The van der Waals surface area contributed by atoms with Gasteiger partial charge >= 0.3 is 5.97 Å². The number of carbonyl (C=O) groups excluding carboxylic acids is 1. The number of halogens is 1. The van der Waals surface area contributed by atoms with E-state index in [1.54, 1.807) is 6.08 Å². The van der Waals surface area contributed by atoms with Gasteiger partial charge in [0.05, 0.1) is 10.4 Å². The zero-order valence-electron chi connectivity index (χ0n) is 8.59. The van der Waals surface area contributed by atoms with Crippen molar-refractivity contribution in [1.82, 2.24) is 5.32 Å². The van der Waals surface area contributed by atoms with Crippen LogP contribution in [0.5, 0.6) is 0 Å². The molecule has 0 saturated heterocycles. The van der Waals surface area contributed by atoms with Gasteiger partial charge in [0.25, 0.3) is 0 Å². The Hall–Kier alpha value is -1.18. The molecule has 0 saturated carbocycles. The molecule has 3 N–H and O–H groups in total. The highest BCUT2D eigenvalue weighted by Gasteiger charge is 2.16. The van der Waals surface area contributed by atoms with Crippen LogP contribution in [0.3, 0.4) is 0 Å². The van der Waals surface area contributed by atoms with Crippen molar-refractivity contribution >= 4 is 45.2 Å². The molecule has 92 valence electrons. The quantitative estimate of drug-likeness (QED) is 0.709. The van der Waals surface area contributed by atoms with E-state index in [9.17, 15) is 9.59 Å². The van der Waals surface area contributed by atoms with Crippen LogP contribution in [0.2, 0.25) is 0 Å². The van der Waals surface area contributed by atoms with E-state index in [2.05, 4.69) is 21.2 Å². The first-order valence-corrected chi connectivity index (χ1v) is 6.21. The number of nitrogens with one attached hydrogen (secondary N) is 1. The first-order valence-electron chi connectivity index (χ1n) is 4.60. The van der Waals surface area contributed by atoms with Crippen LogP contribution in [-0.4, -0.2) is 34.7 Å². The summed E-state index contributed by atoms with van der Waals surface area (Å²) in [6.45, 7) is -0.639. The van der Waals surface area contributed by atoms with Crippen molar-refractivity contribution in [2.75, 3.05) is 6.61 Å². The second-order valence-corrected chi connectivity index (χ2v) is 5.55. The Balaban J connectivity index is 2.54. The van der Waals surface area contributed by atoms with Crippen LogP contribution >= 0.6 is 27.3 Å². The predicted molar refractivity (Wildman–Crippen MR) is 67.7 cm³/mol.